The monoisotopic (exact) mass is 298 g/mol. The first kappa shape index (κ1) is 14.3. The zero-order chi connectivity index (χ0) is 14.3. The molecule has 0 aromatic carbocycles. The lowest BCUT2D eigenvalue weighted by molar-refractivity contribution is -0.182. The lowest BCUT2D eigenvalue weighted by Crippen LogP contribution is -2.27. The van der Waals surface area contributed by atoms with Crippen LogP contribution < -0.4 is 5.14 Å². The number of nitrogens with two attached hydrogens (primary N) is 1. The van der Waals surface area contributed by atoms with Crippen molar-refractivity contribution >= 4 is 10.0 Å². The number of nitrogens with one attached hydrogen (secondary N) is 1. The van der Waals surface area contributed by atoms with Crippen LogP contribution in [0.5, 0.6) is 0 Å². The Balaban J connectivity index is 2.04. The van der Waals surface area contributed by atoms with Crippen molar-refractivity contribution in [3.63, 3.8) is 0 Å². The maximum absolute atomic E-state index is 12.5. The summed E-state index contributed by atoms with van der Waals surface area (Å²) in [6.07, 6.45) is -3.55. The fourth-order valence-electron chi connectivity index (χ4n) is 2.26. The standard InChI is InChI=1S/C9H13F3N4O2S/c10-9(11,12)6-3-1-5(2-4-6)7-14-8(16-15-7)19(13,17)18/h5-6H,1-4H2,(H2,13,17,18)(H,14,15,16). The van der Waals surface area contributed by atoms with Crippen LogP contribution in [0.25, 0.3) is 0 Å². The van der Waals surface area contributed by atoms with Crippen LogP contribution in [0, 0.1) is 5.92 Å². The van der Waals surface area contributed by atoms with Crippen LogP contribution in [-0.4, -0.2) is 29.8 Å². The molecule has 108 valence electrons. The average molecular weight is 298 g/mol. The molecule has 1 saturated carbocycles. The third-order valence-corrected chi connectivity index (χ3v) is 4.00. The maximum atomic E-state index is 12.5. The summed E-state index contributed by atoms with van der Waals surface area (Å²) in [5, 5.41) is 10.2. The zero-order valence-corrected chi connectivity index (χ0v) is 10.6. The molecule has 10 heteroatoms. The Bertz CT molecular complexity index is 546. The molecule has 0 atom stereocenters. The van der Waals surface area contributed by atoms with E-state index in [1.807, 2.05) is 0 Å². The predicted molar refractivity (Wildman–Crippen MR) is 58.5 cm³/mol. The van der Waals surface area contributed by atoms with Gasteiger partial charge in [-0.25, -0.2) is 18.5 Å². The second-order valence-electron chi connectivity index (χ2n) is 4.64. The number of hydrogen-bond acceptors (Lipinski definition) is 4. The second kappa shape index (κ2) is 4.75. The summed E-state index contributed by atoms with van der Waals surface area (Å²) in [6, 6.07) is 0. The molecular formula is C9H13F3N4O2S. The summed E-state index contributed by atoms with van der Waals surface area (Å²) in [4.78, 5) is 3.73. The van der Waals surface area contributed by atoms with E-state index in [1.54, 1.807) is 0 Å². The predicted octanol–water partition coefficient (Wildman–Crippen LogP) is 1.29. The van der Waals surface area contributed by atoms with Gasteiger partial charge in [0.15, 0.2) is 0 Å². The summed E-state index contributed by atoms with van der Waals surface area (Å²) >= 11 is 0. The Kier molecular flexibility index (Phi) is 3.56. The molecule has 6 nitrogen and oxygen atoms in total. The normalized spacial score (nSPS) is 25.5. The SMILES string of the molecule is NS(=O)(=O)c1n[nH]c(C2CCC(C(F)(F)F)CC2)n1. The first-order valence-corrected chi connectivity index (χ1v) is 7.24. The maximum Gasteiger partial charge on any atom is 0.391 e. The smallest absolute Gasteiger partial charge is 0.262 e. The van der Waals surface area contributed by atoms with Gasteiger partial charge in [-0.3, -0.25) is 5.10 Å². The molecule has 0 saturated heterocycles. The van der Waals surface area contributed by atoms with Gasteiger partial charge in [0.05, 0.1) is 5.92 Å². The fourth-order valence-corrected chi connectivity index (χ4v) is 2.66. The molecule has 1 aliphatic rings. The molecule has 0 unspecified atom stereocenters. The Morgan fingerprint density at radius 1 is 1.21 bits per heavy atom. The first-order valence-electron chi connectivity index (χ1n) is 5.69. The van der Waals surface area contributed by atoms with E-state index in [0.29, 0.717) is 12.8 Å². The highest BCUT2D eigenvalue weighted by molar-refractivity contribution is 7.89. The molecule has 1 aromatic rings. The molecule has 3 N–H and O–H groups in total. The average Bonchev–Trinajstić information content (AvgIpc) is 2.77. The minimum Gasteiger partial charge on any atom is -0.262 e. The number of halogens is 3. The van der Waals surface area contributed by atoms with Crippen molar-refractivity contribution in [2.45, 2.75) is 42.9 Å². The summed E-state index contributed by atoms with van der Waals surface area (Å²) in [5.74, 6) is -1.24. The number of aromatic nitrogens is 3. The van der Waals surface area contributed by atoms with Gasteiger partial charge in [-0.2, -0.15) is 13.2 Å². The molecule has 0 spiro atoms. The highest BCUT2D eigenvalue weighted by atomic mass is 32.2. The van der Waals surface area contributed by atoms with E-state index < -0.39 is 27.3 Å². The molecule has 1 aliphatic carbocycles. The van der Waals surface area contributed by atoms with E-state index in [9.17, 15) is 21.6 Å². The third-order valence-electron chi connectivity index (χ3n) is 3.31. The van der Waals surface area contributed by atoms with E-state index in [2.05, 4.69) is 15.2 Å². The third kappa shape index (κ3) is 3.24. The number of primary sulfonamides is 1. The van der Waals surface area contributed by atoms with Crippen molar-refractivity contribution < 1.29 is 21.6 Å². The Labute approximate surface area is 107 Å². The topological polar surface area (TPSA) is 102 Å². The van der Waals surface area contributed by atoms with Gasteiger partial charge in [0.1, 0.15) is 5.82 Å². The highest BCUT2D eigenvalue weighted by Crippen LogP contribution is 2.42. The van der Waals surface area contributed by atoms with Gasteiger partial charge in [-0.05, 0) is 25.7 Å². The van der Waals surface area contributed by atoms with Gasteiger partial charge in [0.25, 0.3) is 15.2 Å². The van der Waals surface area contributed by atoms with E-state index in [1.165, 1.54) is 0 Å². The van der Waals surface area contributed by atoms with Crippen molar-refractivity contribution in [2.24, 2.45) is 11.1 Å². The molecular weight excluding hydrogens is 285 g/mol. The van der Waals surface area contributed by atoms with Gasteiger partial charge < -0.3 is 0 Å². The summed E-state index contributed by atoms with van der Waals surface area (Å²) in [5.41, 5.74) is 0. The number of aromatic amines is 1. The van der Waals surface area contributed by atoms with E-state index in [0.717, 1.165) is 0 Å². The summed E-state index contributed by atoms with van der Waals surface area (Å²) < 4.78 is 59.5. The fraction of sp³-hybridized carbons (Fsp3) is 0.778. The summed E-state index contributed by atoms with van der Waals surface area (Å²) in [7, 11) is -3.99. The van der Waals surface area contributed by atoms with Crippen LogP contribution in [0.4, 0.5) is 13.2 Å². The van der Waals surface area contributed by atoms with Gasteiger partial charge >= 0.3 is 6.18 Å². The van der Waals surface area contributed by atoms with Crippen molar-refractivity contribution in [3.8, 4) is 0 Å². The van der Waals surface area contributed by atoms with Crippen LogP contribution in [0.1, 0.15) is 37.4 Å². The number of rotatable bonds is 2. The van der Waals surface area contributed by atoms with E-state index in [4.69, 9.17) is 5.14 Å². The van der Waals surface area contributed by atoms with Gasteiger partial charge in [0, 0.05) is 5.92 Å². The van der Waals surface area contributed by atoms with Crippen LogP contribution in [0.3, 0.4) is 0 Å². The molecule has 0 amide bonds. The molecule has 0 radical (unpaired) electrons. The second-order valence-corrected chi connectivity index (χ2v) is 6.09. The zero-order valence-electron chi connectivity index (χ0n) is 9.81. The Hall–Kier alpha value is -1.16. The lowest BCUT2D eigenvalue weighted by atomic mass is 9.81. The molecule has 0 aliphatic heterocycles. The molecule has 1 heterocycles. The van der Waals surface area contributed by atoms with Gasteiger partial charge in [-0.1, -0.05) is 0 Å². The molecule has 1 fully saturated rings. The molecule has 2 rings (SSSR count). The lowest BCUT2D eigenvalue weighted by Gasteiger charge is -2.28. The van der Waals surface area contributed by atoms with Crippen LogP contribution in [-0.2, 0) is 10.0 Å². The van der Waals surface area contributed by atoms with Gasteiger partial charge in [-0.15, -0.1) is 5.10 Å². The first-order chi connectivity index (χ1) is 8.68. The molecule has 0 bridgehead atoms. The number of nitrogens with zero attached hydrogens (tertiary/aromatic N) is 2. The van der Waals surface area contributed by atoms with Crippen LogP contribution in [0.2, 0.25) is 0 Å². The van der Waals surface area contributed by atoms with Crippen LogP contribution in [0.15, 0.2) is 5.16 Å². The molecule has 1 aromatic heterocycles. The number of alkyl halides is 3. The van der Waals surface area contributed by atoms with Crippen LogP contribution >= 0.6 is 0 Å². The minimum absolute atomic E-state index is 0.0135. The van der Waals surface area contributed by atoms with E-state index >= 15 is 0 Å². The van der Waals surface area contributed by atoms with Crippen molar-refractivity contribution in [3.05, 3.63) is 5.82 Å². The van der Waals surface area contributed by atoms with Gasteiger partial charge in [0.2, 0.25) is 0 Å². The quantitative estimate of drug-likeness (QED) is 0.858. The molecule has 19 heavy (non-hydrogen) atoms. The highest BCUT2D eigenvalue weighted by Gasteiger charge is 2.42. The Morgan fingerprint density at radius 2 is 1.79 bits per heavy atom. The van der Waals surface area contributed by atoms with Crippen molar-refractivity contribution in [2.75, 3.05) is 0 Å². The summed E-state index contributed by atoms with van der Waals surface area (Å²) in [6.45, 7) is 0. The largest absolute Gasteiger partial charge is 0.391 e. The minimum atomic E-state index is -4.17. The van der Waals surface area contributed by atoms with Crippen molar-refractivity contribution in [1.82, 2.24) is 15.2 Å². The van der Waals surface area contributed by atoms with Crippen molar-refractivity contribution in [1.29, 1.82) is 0 Å². The van der Waals surface area contributed by atoms with E-state index in [-0.39, 0.29) is 24.6 Å². The Morgan fingerprint density at radius 3 is 2.21 bits per heavy atom. The number of sulfonamides is 1. The number of H-pyrrole nitrogens is 1. The number of hydrogen-bond donors (Lipinski definition) is 2.